The Balaban J connectivity index is 2.35. The van der Waals surface area contributed by atoms with Gasteiger partial charge in [0.25, 0.3) is 0 Å². The van der Waals surface area contributed by atoms with E-state index >= 15 is 4.39 Å². The molecule has 0 amide bonds. The molecule has 2 aliphatic rings. The lowest BCUT2D eigenvalue weighted by Crippen LogP contribution is -2.68. The molecule has 0 saturated carbocycles. The van der Waals surface area contributed by atoms with E-state index in [0.29, 0.717) is 0 Å². The second-order valence-corrected chi connectivity index (χ2v) is 7.84. The topological polar surface area (TPSA) is 188 Å². The Labute approximate surface area is 188 Å². The summed E-state index contributed by atoms with van der Waals surface area (Å²) in [6.45, 7) is 2.90. The van der Waals surface area contributed by atoms with Crippen LogP contribution in [0.3, 0.4) is 0 Å². The third-order valence-corrected chi connectivity index (χ3v) is 5.14. The minimum Gasteiger partial charge on any atom is -0.463 e. The molecule has 0 bridgehead atoms. The molecule has 2 aliphatic heterocycles. The van der Waals surface area contributed by atoms with Gasteiger partial charge in [-0.25, -0.2) is 4.39 Å². The third kappa shape index (κ3) is 6.35. The summed E-state index contributed by atoms with van der Waals surface area (Å²) in [5.41, 5.74) is 0. The molecule has 2 rings (SSSR count). The smallest absolute Gasteiger partial charge is 0.303 e. The number of hydrogen-bond acceptors (Lipinski definition) is 13. The summed E-state index contributed by atoms with van der Waals surface area (Å²) >= 11 is 0. The van der Waals surface area contributed by atoms with Crippen molar-refractivity contribution in [1.82, 2.24) is 0 Å². The number of aliphatic hydroxyl groups is 4. The van der Waals surface area contributed by atoms with Gasteiger partial charge in [0.1, 0.15) is 37.1 Å². The summed E-state index contributed by atoms with van der Waals surface area (Å²) in [7, 11) is 0. The van der Waals surface area contributed by atoms with E-state index < -0.39 is 92.1 Å². The lowest BCUT2D eigenvalue weighted by molar-refractivity contribution is -0.412. The second-order valence-electron chi connectivity index (χ2n) is 7.84. The fourth-order valence-electron chi connectivity index (χ4n) is 3.59. The van der Waals surface area contributed by atoms with Crippen molar-refractivity contribution >= 4 is 17.9 Å². The van der Waals surface area contributed by atoms with Crippen LogP contribution in [-0.2, 0) is 42.8 Å². The molecule has 0 aliphatic carbocycles. The molecule has 13 nitrogen and oxygen atoms in total. The van der Waals surface area contributed by atoms with E-state index in [1.165, 1.54) is 0 Å². The highest BCUT2D eigenvalue weighted by Gasteiger charge is 2.57. The van der Waals surface area contributed by atoms with Crippen LogP contribution in [0.4, 0.5) is 4.39 Å². The Morgan fingerprint density at radius 3 is 2.03 bits per heavy atom. The average Bonchev–Trinajstić information content (AvgIpc) is 2.72. The molecular weight excluding hydrogens is 455 g/mol. The van der Waals surface area contributed by atoms with E-state index in [4.69, 9.17) is 28.4 Å². The molecule has 2 saturated heterocycles. The van der Waals surface area contributed by atoms with Gasteiger partial charge < -0.3 is 48.8 Å². The molecular formula is C19H29FO13. The molecule has 0 aromatic carbocycles. The van der Waals surface area contributed by atoms with Crippen LogP contribution < -0.4 is 0 Å². The molecule has 0 spiro atoms. The van der Waals surface area contributed by atoms with Crippen LogP contribution in [0.2, 0.25) is 0 Å². The quantitative estimate of drug-likeness (QED) is 0.223. The van der Waals surface area contributed by atoms with Crippen LogP contribution in [0.15, 0.2) is 0 Å². The van der Waals surface area contributed by atoms with Gasteiger partial charge in [0.05, 0.1) is 6.61 Å². The number of hydrogen-bond donors (Lipinski definition) is 4. The first-order valence-corrected chi connectivity index (χ1v) is 10.1. The monoisotopic (exact) mass is 484 g/mol. The number of alkyl halides is 1. The number of rotatable bonds is 7. The zero-order valence-corrected chi connectivity index (χ0v) is 18.5. The molecule has 2 heterocycles. The Morgan fingerprint density at radius 1 is 0.939 bits per heavy atom. The lowest BCUT2D eigenvalue weighted by atomic mass is 9.93. The maximum atomic E-state index is 15.4. The second kappa shape index (κ2) is 11.0. The van der Waals surface area contributed by atoms with Crippen LogP contribution in [0.25, 0.3) is 0 Å². The zero-order valence-electron chi connectivity index (χ0n) is 18.5. The summed E-state index contributed by atoms with van der Waals surface area (Å²) < 4.78 is 46.6. The molecule has 0 aromatic heterocycles. The summed E-state index contributed by atoms with van der Waals surface area (Å²) in [6, 6.07) is 0. The van der Waals surface area contributed by atoms with Crippen molar-refractivity contribution in [3.05, 3.63) is 0 Å². The van der Waals surface area contributed by atoms with Crippen LogP contribution in [-0.4, -0.2) is 113 Å². The Kier molecular flexibility index (Phi) is 9.09. The van der Waals surface area contributed by atoms with Crippen LogP contribution in [0.5, 0.6) is 0 Å². The van der Waals surface area contributed by atoms with Crippen molar-refractivity contribution in [2.45, 2.75) is 88.7 Å². The first-order valence-electron chi connectivity index (χ1n) is 10.1. The van der Waals surface area contributed by atoms with E-state index in [1.54, 1.807) is 0 Å². The minimum absolute atomic E-state index is 0.543. The van der Waals surface area contributed by atoms with Gasteiger partial charge in [-0.15, -0.1) is 0 Å². The zero-order chi connectivity index (χ0) is 25.1. The number of esters is 3. The first kappa shape index (κ1) is 27.3. The van der Waals surface area contributed by atoms with Gasteiger partial charge in [-0.05, 0) is 6.92 Å². The normalized spacial score (nSPS) is 41.2. The van der Waals surface area contributed by atoms with Gasteiger partial charge in [0.2, 0.25) is 0 Å². The van der Waals surface area contributed by atoms with Crippen molar-refractivity contribution in [3.63, 3.8) is 0 Å². The number of carbonyl (C=O) groups excluding carboxylic acids is 3. The molecule has 0 radical (unpaired) electrons. The summed E-state index contributed by atoms with van der Waals surface area (Å²) in [5.74, 6) is -4.72. The van der Waals surface area contributed by atoms with Gasteiger partial charge in [-0.3, -0.25) is 14.4 Å². The van der Waals surface area contributed by atoms with Crippen LogP contribution in [0.1, 0.15) is 27.7 Å². The number of carbonyl (C=O) groups is 3. The fraction of sp³-hybridized carbons (Fsp3) is 0.842. The van der Waals surface area contributed by atoms with Crippen molar-refractivity contribution in [3.8, 4) is 0 Å². The Bertz CT molecular complexity index is 718. The molecule has 2 fully saturated rings. The first-order chi connectivity index (χ1) is 15.3. The number of aliphatic hydroxyl groups excluding tert-OH is 4. The van der Waals surface area contributed by atoms with Crippen molar-refractivity contribution < 1.29 is 67.6 Å². The maximum Gasteiger partial charge on any atom is 0.303 e. The van der Waals surface area contributed by atoms with Crippen molar-refractivity contribution in [1.29, 1.82) is 0 Å². The summed E-state index contributed by atoms with van der Waals surface area (Å²) in [5, 5.41) is 39.8. The van der Waals surface area contributed by atoms with E-state index in [9.17, 15) is 34.8 Å². The standard InChI is InChI=1S/C19H29FO13/c1-7(22)28-6-11-15(29-8(2)23)16(30-9(3)24)12(20)18(31-11)33-19(4)17(27)14(26)13(25)10(5-21)32-19/h10-18,21,25-27H,5-6H2,1-4H3/t10?,11?,12?,13-,14?,15-,16?,17?,18-,19-/m1/s1. The molecule has 33 heavy (non-hydrogen) atoms. The van der Waals surface area contributed by atoms with Gasteiger partial charge in [0, 0.05) is 20.8 Å². The van der Waals surface area contributed by atoms with E-state index in [1.807, 2.05) is 0 Å². The van der Waals surface area contributed by atoms with Crippen molar-refractivity contribution in [2.24, 2.45) is 0 Å². The summed E-state index contributed by atoms with van der Waals surface area (Å²) in [4.78, 5) is 34.4. The Hall–Kier alpha value is -1.94. The SMILES string of the molecule is CC(=O)OCC1O[C@H](O[C@@]2(C)OC(CO)[C@@H](O)C(O)C2O)C(F)C(OC(C)=O)[C@@H]1OC(C)=O. The van der Waals surface area contributed by atoms with E-state index in [-0.39, 0.29) is 0 Å². The fourth-order valence-corrected chi connectivity index (χ4v) is 3.59. The highest BCUT2D eigenvalue weighted by Crippen LogP contribution is 2.37. The highest BCUT2D eigenvalue weighted by atomic mass is 19.1. The Morgan fingerprint density at radius 2 is 1.52 bits per heavy atom. The lowest BCUT2D eigenvalue weighted by Gasteiger charge is -2.49. The predicted molar refractivity (Wildman–Crippen MR) is 101 cm³/mol. The predicted octanol–water partition coefficient (Wildman–Crippen LogP) is -2.32. The molecule has 190 valence electrons. The van der Waals surface area contributed by atoms with Gasteiger partial charge >= 0.3 is 17.9 Å². The maximum absolute atomic E-state index is 15.4. The molecule has 0 aromatic rings. The molecule has 14 heteroatoms. The number of halogens is 1. The van der Waals surface area contributed by atoms with Crippen molar-refractivity contribution in [2.75, 3.05) is 13.2 Å². The van der Waals surface area contributed by atoms with Gasteiger partial charge in [-0.2, -0.15) is 0 Å². The van der Waals surface area contributed by atoms with Crippen LogP contribution in [0, 0.1) is 0 Å². The molecule has 4 N–H and O–H groups in total. The largest absolute Gasteiger partial charge is 0.463 e. The minimum atomic E-state index is -2.31. The van der Waals surface area contributed by atoms with E-state index in [0.717, 1.165) is 27.7 Å². The number of ether oxygens (including phenoxy) is 6. The summed E-state index contributed by atoms with van der Waals surface area (Å²) in [6.07, 6.45) is -15.7. The highest BCUT2D eigenvalue weighted by molar-refractivity contribution is 5.67. The van der Waals surface area contributed by atoms with Gasteiger partial charge in [-0.1, -0.05) is 0 Å². The third-order valence-electron chi connectivity index (χ3n) is 5.14. The van der Waals surface area contributed by atoms with E-state index in [2.05, 4.69) is 0 Å². The van der Waals surface area contributed by atoms with Crippen LogP contribution >= 0.6 is 0 Å². The van der Waals surface area contributed by atoms with Gasteiger partial charge in [0.15, 0.2) is 30.5 Å². The molecule has 6 unspecified atom stereocenters. The molecule has 10 atom stereocenters. The average molecular weight is 484 g/mol.